The van der Waals surface area contributed by atoms with Gasteiger partial charge in [0.1, 0.15) is 5.82 Å². The summed E-state index contributed by atoms with van der Waals surface area (Å²) in [5.41, 5.74) is 1.67. The number of hydrogen-bond donors (Lipinski definition) is 1. The Bertz CT molecular complexity index is 1450. The summed E-state index contributed by atoms with van der Waals surface area (Å²) in [5.74, 6) is 2.17. The lowest BCUT2D eigenvalue weighted by Crippen LogP contribution is -2.21. The molecule has 0 aliphatic rings. The van der Waals surface area contributed by atoms with Crippen LogP contribution in [0, 0.1) is 0 Å². The van der Waals surface area contributed by atoms with Crippen LogP contribution in [0.5, 0.6) is 0 Å². The van der Waals surface area contributed by atoms with E-state index in [0.29, 0.717) is 65.0 Å². The quantitative estimate of drug-likeness (QED) is 0.235. The lowest BCUT2D eigenvalue weighted by molar-refractivity contribution is 0.375. The molecule has 0 amide bonds. The second-order valence-electron chi connectivity index (χ2n) is 7.74. The van der Waals surface area contributed by atoms with Crippen LogP contribution in [0.15, 0.2) is 38.6 Å². The van der Waals surface area contributed by atoms with Crippen molar-refractivity contribution in [2.24, 2.45) is 0 Å². The molecule has 0 aliphatic carbocycles. The Kier molecular flexibility index (Phi) is 5.99. The Morgan fingerprint density at radius 1 is 1.09 bits per heavy atom. The molecule has 0 radical (unpaired) electrons. The SMILES string of the molecule is CCCCCn1c2nc(Br)[nH]c2c(=O)n2c(CCCc3nc(-c4ccncc4)no3)nnc12. The monoisotopic (exact) mass is 511 g/mol. The molecule has 170 valence electrons. The van der Waals surface area contributed by atoms with Gasteiger partial charge in [0, 0.05) is 37.3 Å². The summed E-state index contributed by atoms with van der Waals surface area (Å²) in [6, 6.07) is 3.66. The number of nitrogens with one attached hydrogen (secondary N) is 1. The van der Waals surface area contributed by atoms with Crippen LogP contribution in [-0.4, -0.2) is 44.3 Å². The lowest BCUT2D eigenvalue weighted by Gasteiger charge is -2.09. The summed E-state index contributed by atoms with van der Waals surface area (Å²) in [7, 11) is 0. The molecule has 5 rings (SSSR count). The Labute approximate surface area is 196 Å². The molecular formula is C21H22BrN9O2. The third kappa shape index (κ3) is 4.17. The first-order chi connectivity index (χ1) is 16.2. The fraction of sp³-hybridized carbons (Fsp3) is 0.381. The molecule has 5 aromatic heterocycles. The summed E-state index contributed by atoms with van der Waals surface area (Å²) in [4.78, 5) is 29.1. The second-order valence-corrected chi connectivity index (χ2v) is 8.49. The summed E-state index contributed by atoms with van der Waals surface area (Å²) < 4.78 is 9.43. The Balaban J connectivity index is 1.39. The minimum absolute atomic E-state index is 0.206. The number of fused-ring (bicyclic) bond motifs is 2. The van der Waals surface area contributed by atoms with E-state index in [9.17, 15) is 4.79 Å². The summed E-state index contributed by atoms with van der Waals surface area (Å²) >= 11 is 3.35. The maximum absolute atomic E-state index is 13.2. The normalized spacial score (nSPS) is 11.7. The number of nitrogens with zero attached hydrogens (tertiary/aromatic N) is 8. The van der Waals surface area contributed by atoms with E-state index in [4.69, 9.17) is 4.52 Å². The average molecular weight is 512 g/mol. The molecule has 0 fully saturated rings. The third-order valence-electron chi connectivity index (χ3n) is 5.47. The van der Waals surface area contributed by atoms with Crippen LogP contribution in [0.3, 0.4) is 0 Å². The molecule has 1 N–H and O–H groups in total. The predicted octanol–water partition coefficient (Wildman–Crippen LogP) is 3.34. The number of aromatic nitrogens is 9. The minimum atomic E-state index is -0.206. The highest BCUT2D eigenvalue weighted by Crippen LogP contribution is 2.18. The van der Waals surface area contributed by atoms with Crippen molar-refractivity contribution in [2.45, 2.75) is 52.0 Å². The van der Waals surface area contributed by atoms with E-state index in [0.717, 1.165) is 24.8 Å². The molecule has 0 aliphatic heterocycles. The maximum atomic E-state index is 13.2. The summed E-state index contributed by atoms with van der Waals surface area (Å²) in [6.07, 6.45) is 8.30. The maximum Gasteiger partial charge on any atom is 0.286 e. The largest absolute Gasteiger partial charge is 0.339 e. The fourth-order valence-corrected chi connectivity index (χ4v) is 4.20. The Morgan fingerprint density at radius 2 is 1.94 bits per heavy atom. The van der Waals surface area contributed by atoms with Crippen molar-refractivity contribution in [3.05, 3.63) is 51.3 Å². The van der Waals surface area contributed by atoms with Gasteiger partial charge in [-0.2, -0.15) is 4.98 Å². The Hall–Kier alpha value is -3.41. The van der Waals surface area contributed by atoms with Crippen molar-refractivity contribution in [3.63, 3.8) is 0 Å². The van der Waals surface area contributed by atoms with E-state index in [1.54, 1.807) is 16.8 Å². The topological polar surface area (TPSA) is 133 Å². The molecule has 33 heavy (non-hydrogen) atoms. The van der Waals surface area contributed by atoms with Gasteiger partial charge < -0.3 is 9.51 Å². The highest BCUT2D eigenvalue weighted by atomic mass is 79.9. The molecule has 5 heterocycles. The first-order valence-electron chi connectivity index (χ1n) is 10.9. The molecule has 0 atom stereocenters. The van der Waals surface area contributed by atoms with Gasteiger partial charge in [-0.15, -0.1) is 10.2 Å². The average Bonchev–Trinajstić information content (AvgIpc) is 3.56. The van der Waals surface area contributed by atoms with Crippen LogP contribution in [-0.2, 0) is 19.4 Å². The van der Waals surface area contributed by atoms with E-state index in [1.165, 1.54) is 0 Å². The van der Waals surface area contributed by atoms with E-state index < -0.39 is 0 Å². The standard InChI is InChI=1S/C21H22BrN9O2/c1-2-3-4-12-30-18-16(25-20(22)26-18)19(32)31-14(27-28-21(30)31)6-5-7-15-24-17(29-33-15)13-8-10-23-11-9-13/h8-11H,2-7,12H2,1H3,(H,25,26). The van der Waals surface area contributed by atoms with Crippen molar-refractivity contribution >= 4 is 32.9 Å². The van der Waals surface area contributed by atoms with E-state index >= 15 is 0 Å². The molecule has 0 spiro atoms. The fourth-order valence-electron chi connectivity index (χ4n) is 3.84. The highest BCUT2D eigenvalue weighted by molar-refractivity contribution is 9.10. The van der Waals surface area contributed by atoms with E-state index in [2.05, 4.69) is 58.1 Å². The summed E-state index contributed by atoms with van der Waals surface area (Å²) in [6.45, 7) is 2.86. The lowest BCUT2D eigenvalue weighted by atomic mass is 10.2. The molecule has 0 saturated carbocycles. The van der Waals surface area contributed by atoms with Gasteiger partial charge in [-0.3, -0.25) is 14.3 Å². The van der Waals surface area contributed by atoms with Crippen molar-refractivity contribution in [3.8, 4) is 11.4 Å². The number of imidazole rings is 1. The molecular weight excluding hydrogens is 490 g/mol. The van der Waals surface area contributed by atoms with Crippen molar-refractivity contribution in [1.29, 1.82) is 0 Å². The van der Waals surface area contributed by atoms with Gasteiger partial charge in [-0.1, -0.05) is 24.9 Å². The molecule has 0 bridgehead atoms. The van der Waals surface area contributed by atoms with Gasteiger partial charge >= 0.3 is 0 Å². The molecule has 5 aromatic rings. The van der Waals surface area contributed by atoms with Gasteiger partial charge in [0.25, 0.3) is 5.56 Å². The molecule has 12 heteroatoms. The van der Waals surface area contributed by atoms with Gasteiger partial charge in [0.15, 0.2) is 15.9 Å². The zero-order valence-electron chi connectivity index (χ0n) is 18.0. The van der Waals surface area contributed by atoms with Crippen LogP contribution in [0.2, 0.25) is 0 Å². The van der Waals surface area contributed by atoms with Crippen molar-refractivity contribution < 1.29 is 4.52 Å². The van der Waals surface area contributed by atoms with Crippen LogP contribution in [0.4, 0.5) is 0 Å². The van der Waals surface area contributed by atoms with Crippen LogP contribution in [0.1, 0.15) is 44.3 Å². The molecule has 0 saturated heterocycles. The second kappa shape index (κ2) is 9.22. The first-order valence-corrected chi connectivity index (χ1v) is 11.7. The Morgan fingerprint density at radius 3 is 2.76 bits per heavy atom. The summed E-state index contributed by atoms with van der Waals surface area (Å²) in [5, 5.41) is 12.7. The van der Waals surface area contributed by atoms with Gasteiger partial charge in [0.05, 0.1) is 0 Å². The number of pyridine rings is 1. The van der Waals surface area contributed by atoms with E-state index in [1.807, 2.05) is 16.7 Å². The molecule has 0 unspecified atom stereocenters. The number of aryl methyl sites for hydroxylation is 3. The first kappa shape index (κ1) is 21.4. The van der Waals surface area contributed by atoms with Gasteiger partial charge in [-0.25, -0.2) is 9.38 Å². The zero-order valence-corrected chi connectivity index (χ0v) is 19.6. The number of unbranched alkanes of at least 4 members (excludes halogenated alkanes) is 2. The molecule has 0 aromatic carbocycles. The zero-order chi connectivity index (χ0) is 22.8. The van der Waals surface area contributed by atoms with Crippen molar-refractivity contribution in [2.75, 3.05) is 0 Å². The van der Waals surface area contributed by atoms with Crippen molar-refractivity contribution in [1.82, 2.24) is 44.3 Å². The minimum Gasteiger partial charge on any atom is -0.339 e. The predicted molar refractivity (Wildman–Crippen MR) is 124 cm³/mol. The van der Waals surface area contributed by atoms with Crippen LogP contribution < -0.4 is 5.56 Å². The number of rotatable bonds is 9. The highest BCUT2D eigenvalue weighted by Gasteiger charge is 2.19. The molecule has 11 nitrogen and oxygen atoms in total. The van der Waals surface area contributed by atoms with Crippen LogP contribution in [0.25, 0.3) is 28.3 Å². The number of halogens is 1. The van der Waals surface area contributed by atoms with E-state index in [-0.39, 0.29) is 5.56 Å². The van der Waals surface area contributed by atoms with Crippen LogP contribution >= 0.6 is 15.9 Å². The number of H-pyrrole nitrogens is 1. The number of aromatic amines is 1. The van der Waals surface area contributed by atoms with Gasteiger partial charge in [0.2, 0.25) is 17.5 Å². The van der Waals surface area contributed by atoms with Gasteiger partial charge in [-0.05, 0) is 40.9 Å². The smallest absolute Gasteiger partial charge is 0.286 e. The number of hydrogen-bond acceptors (Lipinski definition) is 8. The third-order valence-corrected chi connectivity index (χ3v) is 5.84.